The van der Waals surface area contributed by atoms with Crippen LogP contribution in [0.5, 0.6) is 28.7 Å². The Morgan fingerprint density at radius 2 is 1.58 bits per heavy atom. The van der Waals surface area contributed by atoms with E-state index in [2.05, 4.69) is 10.3 Å². The van der Waals surface area contributed by atoms with Crippen LogP contribution in [-0.2, 0) is 11.2 Å². The number of nitrogens with one attached hydrogen (secondary N) is 1. The van der Waals surface area contributed by atoms with Crippen molar-refractivity contribution in [1.82, 2.24) is 4.98 Å². The topological polar surface area (TPSA) is 78.9 Å². The minimum absolute atomic E-state index is 0.113. The number of carbonyl (C=O) groups is 1. The van der Waals surface area contributed by atoms with Crippen LogP contribution >= 0.6 is 0 Å². The first-order valence-electron chi connectivity index (χ1n) is 10.3. The van der Waals surface area contributed by atoms with Gasteiger partial charge in [-0.2, -0.15) is 0 Å². The number of carbonyl (C=O) groups excluding carboxylic acids is 1. The molecule has 0 unspecified atom stereocenters. The highest BCUT2D eigenvalue weighted by atomic mass is 16.5. The van der Waals surface area contributed by atoms with E-state index in [-0.39, 0.29) is 12.3 Å². The second-order valence-electron chi connectivity index (χ2n) is 7.24. The van der Waals surface area contributed by atoms with Crippen LogP contribution in [-0.4, -0.2) is 32.2 Å². The molecule has 4 aromatic rings. The Balaban J connectivity index is 1.46. The lowest BCUT2D eigenvalue weighted by Crippen LogP contribution is -2.14. The molecule has 0 fully saturated rings. The van der Waals surface area contributed by atoms with E-state index in [4.69, 9.17) is 18.9 Å². The van der Waals surface area contributed by atoms with Crippen molar-refractivity contribution >= 4 is 22.5 Å². The zero-order valence-corrected chi connectivity index (χ0v) is 18.6. The van der Waals surface area contributed by atoms with Gasteiger partial charge in [-0.3, -0.25) is 9.78 Å². The first-order valence-corrected chi connectivity index (χ1v) is 10.3. The highest BCUT2D eigenvalue weighted by Gasteiger charge is 2.12. The largest absolute Gasteiger partial charge is 0.497 e. The number of fused-ring (bicyclic) bond motifs is 1. The number of hydrogen-bond donors (Lipinski definition) is 1. The maximum absolute atomic E-state index is 12.4. The molecule has 0 aliphatic rings. The second-order valence-corrected chi connectivity index (χ2v) is 7.24. The van der Waals surface area contributed by atoms with Gasteiger partial charge in [0.2, 0.25) is 5.91 Å². The highest BCUT2D eigenvalue weighted by molar-refractivity contribution is 5.92. The fourth-order valence-electron chi connectivity index (χ4n) is 3.44. The van der Waals surface area contributed by atoms with Crippen LogP contribution in [0.4, 0.5) is 5.69 Å². The predicted molar refractivity (Wildman–Crippen MR) is 127 cm³/mol. The van der Waals surface area contributed by atoms with Crippen molar-refractivity contribution in [2.24, 2.45) is 0 Å². The molecule has 7 nitrogen and oxygen atoms in total. The Labute approximate surface area is 191 Å². The number of nitrogens with zero attached hydrogens (tertiary/aromatic N) is 1. The Hall–Kier alpha value is -4.26. The van der Waals surface area contributed by atoms with E-state index in [1.807, 2.05) is 36.4 Å². The van der Waals surface area contributed by atoms with Crippen molar-refractivity contribution in [2.75, 3.05) is 26.6 Å². The van der Waals surface area contributed by atoms with Gasteiger partial charge < -0.3 is 24.3 Å². The molecule has 0 atom stereocenters. The first kappa shape index (κ1) is 22.0. The first-order chi connectivity index (χ1) is 16.1. The number of aromatic nitrogens is 1. The zero-order valence-electron chi connectivity index (χ0n) is 18.6. The fourth-order valence-corrected chi connectivity index (χ4v) is 3.44. The van der Waals surface area contributed by atoms with Crippen LogP contribution in [0.3, 0.4) is 0 Å². The SMILES string of the molecule is COc1cccc(CC(=O)Nc2ccc(Oc3ccnc4cc(OC)c(OC)cc34)cc2)c1. The molecule has 1 amide bonds. The quantitative estimate of drug-likeness (QED) is 0.401. The monoisotopic (exact) mass is 444 g/mol. The lowest BCUT2D eigenvalue weighted by atomic mass is 10.1. The third-order valence-electron chi connectivity index (χ3n) is 5.07. The van der Waals surface area contributed by atoms with Gasteiger partial charge in [-0.05, 0) is 54.1 Å². The van der Waals surface area contributed by atoms with Crippen LogP contribution in [0.1, 0.15) is 5.56 Å². The van der Waals surface area contributed by atoms with Crippen LogP contribution in [0.2, 0.25) is 0 Å². The van der Waals surface area contributed by atoms with E-state index >= 15 is 0 Å². The molecular formula is C26H24N2O5. The van der Waals surface area contributed by atoms with E-state index < -0.39 is 0 Å². The molecule has 0 radical (unpaired) electrons. The Morgan fingerprint density at radius 1 is 0.818 bits per heavy atom. The van der Waals surface area contributed by atoms with Gasteiger partial charge >= 0.3 is 0 Å². The second kappa shape index (κ2) is 9.91. The summed E-state index contributed by atoms with van der Waals surface area (Å²) >= 11 is 0. The average molecular weight is 444 g/mol. The van der Waals surface area contributed by atoms with E-state index in [9.17, 15) is 4.79 Å². The van der Waals surface area contributed by atoms with Crippen molar-refractivity contribution in [3.63, 3.8) is 0 Å². The lowest BCUT2D eigenvalue weighted by Gasteiger charge is -2.13. The summed E-state index contributed by atoms with van der Waals surface area (Å²) in [7, 11) is 4.77. The molecule has 1 heterocycles. The molecule has 33 heavy (non-hydrogen) atoms. The van der Waals surface area contributed by atoms with Gasteiger partial charge in [0.1, 0.15) is 17.2 Å². The number of methoxy groups -OCH3 is 3. The van der Waals surface area contributed by atoms with E-state index in [1.54, 1.807) is 57.9 Å². The van der Waals surface area contributed by atoms with E-state index in [0.717, 1.165) is 22.2 Å². The lowest BCUT2D eigenvalue weighted by molar-refractivity contribution is -0.115. The maximum atomic E-state index is 12.4. The Kier molecular flexibility index (Phi) is 6.59. The zero-order chi connectivity index (χ0) is 23.2. The molecule has 7 heteroatoms. The normalized spacial score (nSPS) is 10.5. The van der Waals surface area contributed by atoms with Gasteiger partial charge in [0.05, 0.1) is 33.3 Å². The van der Waals surface area contributed by atoms with Gasteiger partial charge in [-0.15, -0.1) is 0 Å². The number of rotatable bonds is 8. The molecule has 0 spiro atoms. The summed E-state index contributed by atoms with van der Waals surface area (Å²) in [4.78, 5) is 16.8. The molecule has 0 saturated carbocycles. The summed E-state index contributed by atoms with van der Waals surface area (Å²) in [6.45, 7) is 0. The molecule has 1 N–H and O–H groups in total. The number of anilines is 1. The standard InChI is InChI=1S/C26H24N2O5/c1-30-20-6-4-5-17(13-20)14-26(29)28-18-7-9-19(10-8-18)33-23-11-12-27-22-16-25(32-3)24(31-2)15-21(22)23/h4-13,15-16H,14H2,1-3H3,(H,28,29). The van der Waals surface area contributed by atoms with Gasteiger partial charge in [0, 0.05) is 23.3 Å². The van der Waals surface area contributed by atoms with Crippen molar-refractivity contribution < 1.29 is 23.7 Å². The summed E-state index contributed by atoms with van der Waals surface area (Å²) in [5, 5.41) is 3.70. The average Bonchev–Trinajstić information content (AvgIpc) is 2.84. The Bertz CT molecular complexity index is 1270. The highest BCUT2D eigenvalue weighted by Crippen LogP contribution is 2.37. The van der Waals surface area contributed by atoms with Crippen LogP contribution < -0.4 is 24.3 Å². The maximum Gasteiger partial charge on any atom is 0.228 e. The molecular weight excluding hydrogens is 420 g/mol. The fraction of sp³-hybridized carbons (Fsp3) is 0.154. The van der Waals surface area contributed by atoms with E-state index in [1.165, 1.54) is 0 Å². The number of amides is 1. The number of benzene rings is 3. The van der Waals surface area contributed by atoms with Gasteiger partial charge in [0.25, 0.3) is 0 Å². The van der Waals surface area contributed by atoms with Crippen LogP contribution in [0.25, 0.3) is 10.9 Å². The Morgan fingerprint density at radius 3 is 2.30 bits per heavy atom. The summed E-state index contributed by atoms with van der Waals surface area (Å²) in [6.07, 6.45) is 1.93. The minimum Gasteiger partial charge on any atom is -0.497 e. The minimum atomic E-state index is -0.113. The molecule has 1 aromatic heterocycles. The number of hydrogen-bond acceptors (Lipinski definition) is 6. The molecule has 0 bridgehead atoms. The molecule has 0 aliphatic heterocycles. The molecule has 0 saturated heterocycles. The third-order valence-corrected chi connectivity index (χ3v) is 5.07. The van der Waals surface area contributed by atoms with Crippen molar-refractivity contribution in [3.8, 4) is 28.7 Å². The summed E-state index contributed by atoms with van der Waals surface area (Å²) in [5.41, 5.74) is 2.29. The van der Waals surface area contributed by atoms with Crippen LogP contribution in [0.15, 0.2) is 72.9 Å². The van der Waals surface area contributed by atoms with Gasteiger partial charge in [-0.1, -0.05) is 12.1 Å². The van der Waals surface area contributed by atoms with Gasteiger partial charge in [-0.25, -0.2) is 0 Å². The number of pyridine rings is 1. The predicted octanol–water partition coefficient (Wildman–Crippen LogP) is 5.23. The smallest absolute Gasteiger partial charge is 0.228 e. The molecule has 4 rings (SSSR count). The molecule has 168 valence electrons. The molecule has 3 aromatic carbocycles. The van der Waals surface area contributed by atoms with Crippen molar-refractivity contribution in [2.45, 2.75) is 6.42 Å². The van der Waals surface area contributed by atoms with Gasteiger partial charge in [0.15, 0.2) is 11.5 Å². The van der Waals surface area contributed by atoms with Crippen LogP contribution in [0, 0.1) is 0 Å². The summed E-state index contributed by atoms with van der Waals surface area (Å²) in [6, 6.07) is 20.1. The molecule has 0 aliphatic carbocycles. The summed E-state index contributed by atoms with van der Waals surface area (Å²) < 4.78 is 22.0. The van der Waals surface area contributed by atoms with E-state index in [0.29, 0.717) is 28.7 Å². The number of ether oxygens (including phenoxy) is 4. The summed E-state index contributed by atoms with van der Waals surface area (Å²) in [5.74, 6) is 3.07. The third kappa shape index (κ3) is 5.15. The van der Waals surface area contributed by atoms with Crippen molar-refractivity contribution in [3.05, 3.63) is 78.5 Å². The van der Waals surface area contributed by atoms with Crippen molar-refractivity contribution in [1.29, 1.82) is 0 Å².